The van der Waals surface area contributed by atoms with Crippen molar-refractivity contribution in [2.24, 2.45) is 9.98 Å². The lowest BCUT2D eigenvalue weighted by atomic mass is 10.1. The minimum absolute atomic E-state index is 0.0887. The molecule has 0 bridgehead atoms. The molecule has 8 rings (SSSR count). The largest absolute Gasteiger partial charge is 0.302 e. The molecule has 2 aliphatic heterocycles. The first-order valence-electron chi connectivity index (χ1n) is 16.4. The summed E-state index contributed by atoms with van der Waals surface area (Å²) < 4.78 is 27.2. The zero-order chi connectivity index (χ0) is 35.0. The molecular formula is C42H30N4O4S. The van der Waals surface area contributed by atoms with Gasteiger partial charge in [-0.2, -0.15) is 0 Å². The average molecular weight is 687 g/mol. The van der Waals surface area contributed by atoms with Gasteiger partial charge in [0.05, 0.1) is 45.6 Å². The molecule has 2 amide bonds. The second kappa shape index (κ2) is 13.1. The summed E-state index contributed by atoms with van der Waals surface area (Å²) in [5, 5.41) is 0. The molecule has 9 heteroatoms. The Morgan fingerprint density at radius 1 is 0.431 bits per heavy atom. The van der Waals surface area contributed by atoms with Crippen molar-refractivity contribution in [3.63, 3.8) is 0 Å². The Morgan fingerprint density at radius 3 is 1.18 bits per heavy atom. The summed E-state index contributed by atoms with van der Waals surface area (Å²) in [6.45, 7) is 0.823. The van der Waals surface area contributed by atoms with Crippen LogP contribution in [0.3, 0.4) is 0 Å². The fourth-order valence-electron chi connectivity index (χ4n) is 6.38. The van der Waals surface area contributed by atoms with E-state index in [9.17, 15) is 18.0 Å². The van der Waals surface area contributed by atoms with Gasteiger partial charge in [0, 0.05) is 11.1 Å². The van der Waals surface area contributed by atoms with Gasteiger partial charge in [0.1, 0.15) is 11.4 Å². The first-order chi connectivity index (χ1) is 24.9. The lowest BCUT2D eigenvalue weighted by Crippen LogP contribution is -2.29. The molecule has 0 aromatic heterocycles. The number of carbonyl (C=O) groups excluding carboxylic acids is 2. The SMILES string of the molecule is O=C1C(=Nc2ccc(S(=O)(=O)c3ccc(N=C4C(=O)N(Cc5ccccc5)c5ccccc54)cc3)cc2)c2ccccc2N1Cc1ccccc1. The molecule has 0 saturated heterocycles. The normalized spacial score (nSPS) is 15.5. The van der Waals surface area contributed by atoms with E-state index in [0.717, 1.165) is 33.6 Å². The molecule has 0 saturated carbocycles. The zero-order valence-corrected chi connectivity index (χ0v) is 28.1. The zero-order valence-electron chi connectivity index (χ0n) is 27.3. The Labute approximate surface area is 295 Å². The molecule has 51 heavy (non-hydrogen) atoms. The minimum Gasteiger partial charge on any atom is -0.302 e. The van der Waals surface area contributed by atoms with Crippen LogP contribution in [0.15, 0.2) is 178 Å². The van der Waals surface area contributed by atoms with Crippen molar-refractivity contribution in [1.29, 1.82) is 0 Å². The number of hydrogen-bond acceptors (Lipinski definition) is 6. The van der Waals surface area contributed by atoms with E-state index in [-0.39, 0.29) is 21.6 Å². The molecular weight excluding hydrogens is 657 g/mol. The number of benzene rings is 6. The van der Waals surface area contributed by atoms with Gasteiger partial charge in [-0.05, 0) is 71.8 Å². The Bertz CT molecular complexity index is 2290. The minimum atomic E-state index is -3.88. The summed E-state index contributed by atoms with van der Waals surface area (Å²) in [5.41, 5.74) is 6.55. The van der Waals surface area contributed by atoms with Gasteiger partial charge in [0.2, 0.25) is 9.84 Å². The van der Waals surface area contributed by atoms with Crippen molar-refractivity contribution < 1.29 is 18.0 Å². The standard InChI is InChI=1S/C42H30N4O4S/c47-41-39(35-15-7-9-17-37(35)45(41)27-29-11-3-1-4-12-29)43-31-19-23-33(24-20-31)51(49,50)34-25-21-32(22-26-34)44-40-36-16-8-10-18-38(36)46(42(40)48)28-30-13-5-2-6-14-30/h1-26H,27-28H2. The van der Waals surface area contributed by atoms with E-state index in [4.69, 9.17) is 0 Å². The van der Waals surface area contributed by atoms with Crippen LogP contribution in [0.2, 0.25) is 0 Å². The average Bonchev–Trinajstić information content (AvgIpc) is 3.58. The third kappa shape index (κ3) is 6.04. The highest BCUT2D eigenvalue weighted by Gasteiger charge is 2.35. The van der Waals surface area contributed by atoms with Crippen molar-refractivity contribution >= 4 is 55.8 Å². The van der Waals surface area contributed by atoms with Crippen LogP contribution in [0.4, 0.5) is 22.7 Å². The van der Waals surface area contributed by atoms with E-state index >= 15 is 0 Å². The van der Waals surface area contributed by atoms with Crippen molar-refractivity contribution in [3.8, 4) is 0 Å². The number of rotatable bonds is 8. The van der Waals surface area contributed by atoms with Crippen molar-refractivity contribution in [3.05, 3.63) is 180 Å². The van der Waals surface area contributed by atoms with Crippen LogP contribution in [0, 0.1) is 0 Å². The first-order valence-corrected chi connectivity index (χ1v) is 17.9. The molecule has 6 aromatic rings. The van der Waals surface area contributed by atoms with Gasteiger partial charge in [0.25, 0.3) is 11.8 Å². The Balaban J connectivity index is 1.02. The van der Waals surface area contributed by atoms with Gasteiger partial charge < -0.3 is 9.80 Å². The van der Waals surface area contributed by atoms with E-state index in [2.05, 4.69) is 9.98 Å². The van der Waals surface area contributed by atoms with Crippen molar-refractivity contribution in [1.82, 2.24) is 0 Å². The number of carbonyl (C=O) groups is 2. The molecule has 2 heterocycles. The number of fused-ring (bicyclic) bond motifs is 2. The molecule has 0 fully saturated rings. The Morgan fingerprint density at radius 2 is 0.784 bits per heavy atom. The maximum Gasteiger partial charge on any atom is 0.277 e. The molecule has 0 atom stereocenters. The highest BCUT2D eigenvalue weighted by atomic mass is 32.2. The summed E-state index contributed by atoms with van der Waals surface area (Å²) in [6.07, 6.45) is 0. The van der Waals surface area contributed by atoms with Crippen LogP contribution in [0.25, 0.3) is 0 Å². The van der Waals surface area contributed by atoms with E-state index in [1.54, 1.807) is 34.1 Å². The van der Waals surface area contributed by atoms with Crippen LogP contribution >= 0.6 is 0 Å². The highest BCUT2D eigenvalue weighted by Crippen LogP contribution is 2.34. The summed E-state index contributed by atoms with van der Waals surface area (Å²) in [4.78, 5) is 40.0. The molecule has 6 aromatic carbocycles. The van der Waals surface area contributed by atoms with Gasteiger partial charge in [-0.25, -0.2) is 18.4 Å². The van der Waals surface area contributed by atoms with Crippen LogP contribution in [0.1, 0.15) is 22.3 Å². The number of anilines is 2. The predicted molar refractivity (Wildman–Crippen MR) is 199 cm³/mol. The number of hydrogen-bond donors (Lipinski definition) is 0. The molecule has 8 nitrogen and oxygen atoms in total. The van der Waals surface area contributed by atoms with Crippen LogP contribution in [0.5, 0.6) is 0 Å². The Kier molecular flexibility index (Phi) is 8.17. The van der Waals surface area contributed by atoms with Gasteiger partial charge in [-0.3, -0.25) is 9.59 Å². The monoisotopic (exact) mass is 686 g/mol. The summed E-state index contributed by atoms with van der Waals surface area (Å²) >= 11 is 0. The second-order valence-electron chi connectivity index (χ2n) is 12.2. The highest BCUT2D eigenvalue weighted by molar-refractivity contribution is 7.91. The summed E-state index contributed by atoms with van der Waals surface area (Å²) in [6, 6.07) is 46.9. The molecule has 2 aliphatic rings. The number of aliphatic imine (C=N–C) groups is 2. The molecule has 0 N–H and O–H groups in total. The van der Waals surface area contributed by atoms with E-state index < -0.39 is 9.84 Å². The molecule has 0 spiro atoms. The van der Waals surface area contributed by atoms with Crippen LogP contribution in [-0.2, 0) is 32.5 Å². The number of amides is 2. The maximum atomic E-state index is 13.6. The van der Waals surface area contributed by atoms with Gasteiger partial charge in [-0.1, -0.05) is 97.1 Å². The fraction of sp³-hybridized carbons (Fsp3) is 0.0476. The fourth-order valence-corrected chi connectivity index (χ4v) is 7.64. The van der Waals surface area contributed by atoms with Crippen molar-refractivity contribution in [2.45, 2.75) is 22.9 Å². The third-order valence-electron chi connectivity index (χ3n) is 8.94. The lowest BCUT2D eigenvalue weighted by molar-refractivity contribution is -0.113. The maximum absolute atomic E-state index is 13.6. The van der Waals surface area contributed by atoms with Gasteiger partial charge in [0.15, 0.2) is 0 Å². The Hall–Kier alpha value is -6.45. The second-order valence-corrected chi connectivity index (χ2v) is 14.1. The molecule has 0 unspecified atom stereocenters. The number of nitrogens with zero attached hydrogens (tertiary/aromatic N) is 4. The third-order valence-corrected chi connectivity index (χ3v) is 10.7. The lowest BCUT2D eigenvalue weighted by Gasteiger charge is -2.16. The molecule has 0 aliphatic carbocycles. The summed E-state index contributed by atoms with van der Waals surface area (Å²) in [5.74, 6) is -0.431. The topological polar surface area (TPSA) is 99.5 Å². The van der Waals surface area contributed by atoms with Crippen molar-refractivity contribution in [2.75, 3.05) is 9.80 Å². The summed E-state index contributed by atoms with van der Waals surface area (Å²) in [7, 11) is -3.88. The number of sulfone groups is 1. The van der Waals surface area contributed by atoms with E-state index in [1.807, 2.05) is 109 Å². The molecule has 248 valence electrons. The molecule has 0 radical (unpaired) electrons. The van der Waals surface area contributed by atoms with E-state index in [1.165, 1.54) is 24.3 Å². The van der Waals surface area contributed by atoms with Crippen LogP contribution in [-0.4, -0.2) is 31.7 Å². The predicted octanol–water partition coefficient (Wildman–Crippen LogP) is 7.85. The number of para-hydroxylation sites is 2. The smallest absolute Gasteiger partial charge is 0.277 e. The first kappa shape index (κ1) is 31.8. The quantitative estimate of drug-likeness (QED) is 0.163. The van der Waals surface area contributed by atoms with E-state index in [0.29, 0.717) is 35.9 Å². The van der Waals surface area contributed by atoms with Gasteiger partial charge in [-0.15, -0.1) is 0 Å². The van der Waals surface area contributed by atoms with Gasteiger partial charge >= 0.3 is 0 Å². The van der Waals surface area contributed by atoms with Crippen LogP contribution < -0.4 is 9.80 Å².